The van der Waals surface area contributed by atoms with Gasteiger partial charge in [-0.25, -0.2) is 0 Å². The molecule has 1 amide bonds. The molecule has 0 spiro atoms. The lowest BCUT2D eigenvalue weighted by Gasteiger charge is -2.23. The maximum atomic E-state index is 12.2. The van der Waals surface area contributed by atoms with E-state index in [0.717, 1.165) is 4.90 Å². The first-order valence-corrected chi connectivity index (χ1v) is 6.84. The van der Waals surface area contributed by atoms with Crippen LogP contribution in [0.25, 0.3) is 0 Å². The number of ether oxygens (including phenoxy) is 1. The van der Waals surface area contributed by atoms with E-state index in [1.165, 1.54) is 19.1 Å². The van der Waals surface area contributed by atoms with E-state index in [0.29, 0.717) is 10.8 Å². The maximum Gasteiger partial charge on any atom is 0.323 e. The molecule has 114 valence electrons. The number of hydrogen-bond acceptors (Lipinski definition) is 3. The monoisotopic (exact) mass is 331 g/mol. The van der Waals surface area contributed by atoms with Gasteiger partial charge in [-0.1, -0.05) is 29.3 Å². The van der Waals surface area contributed by atoms with Crippen molar-refractivity contribution in [3.63, 3.8) is 0 Å². The third kappa shape index (κ3) is 5.28. The van der Waals surface area contributed by atoms with Crippen LogP contribution in [0, 0.1) is 0 Å². The lowest BCUT2D eigenvalue weighted by atomic mass is 10.3. The van der Waals surface area contributed by atoms with E-state index in [9.17, 15) is 9.59 Å². The number of carboxylic acids is 1. The highest BCUT2D eigenvalue weighted by Crippen LogP contribution is 2.28. The van der Waals surface area contributed by atoms with Gasteiger partial charge in [-0.05, 0) is 25.1 Å². The Morgan fingerprint density at radius 2 is 2.14 bits per heavy atom. The fourth-order valence-corrected chi connectivity index (χ4v) is 2.07. The normalized spacial score (nSPS) is 11.6. The lowest BCUT2D eigenvalue weighted by Crippen LogP contribution is -2.43. The zero-order valence-corrected chi connectivity index (χ0v) is 12.9. The number of halogens is 2. The number of amides is 1. The van der Waals surface area contributed by atoms with Crippen LogP contribution in [-0.2, 0) is 9.59 Å². The lowest BCUT2D eigenvalue weighted by molar-refractivity contribution is -0.146. The molecule has 0 aliphatic heterocycles. The van der Waals surface area contributed by atoms with Crippen molar-refractivity contribution < 1.29 is 19.4 Å². The first kappa shape index (κ1) is 17.3. The average Bonchev–Trinajstić information content (AvgIpc) is 2.40. The van der Waals surface area contributed by atoms with Crippen LogP contribution in [0.3, 0.4) is 0 Å². The fraction of sp³-hybridized carbons (Fsp3) is 0.286. The molecule has 5 nitrogen and oxygen atoms in total. The Morgan fingerprint density at radius 3 is 2.67 bits per heavy atom. The molecule has 1 N–H and O–H groups in total. The second-order valence-corrected chi connectivity index (χ2v) is 5.08. The Labute approximate surface area is 132 Å². The summed E-state index contributed by atoms with van der Waals surface area (Å²) >= 11 is 11.7. The summed E-state index contributed by atoms with van der Waals surface area (Å²) in [4.78, 5) is 24.1. The molecular weight excluding hydrogens is 317 g/mol. The molecule has 1 aromatic rings. The summed E-state index contributed by atoms with van der Waals surface area (Å²) in [5, 5.41) is 9.52. The maximum absolute atomic E-state index is 12.2. The van der Waals surface area contributed by atoms with Gasteiger partial charge < -0.3 is 14.7 Å². The second kappa shape index (κ2) is 7.90. The Bertz CT molecular complexity index is 548. The van der Waals surface area contributed by atoms with Gasteiger partial charge in [-0.3, -0.25) is 9.59 Å². The molecule has 0 fully saturated rings. The molecule has 7 heteroatoms. The number of aliphatic carboxylic acids is 1. The fourth-order valence-electron chi connectivity index (χ4n) is 1.62. The molecule has 1 atom stereocenters. The third-order valence-corrected chi connectivity index (χ3v) is 3.06. The molecule has 0 bridgehead atoms. The van der Waals surface area contributed by atoms with Gasteiger partial charge in [0.05, 0.1) is 5.02 Å². The van der Waals surface area contributed by atoms with Crippen LogP contribution in [0.5, 0.6) is 5.75 Å². The van der Waals surface area contributed by atoms with Gasteiger partial charge >= 0.3 is 5.97 Å². The summed E-state index contributed by atoms with van der Waals surface area (Å²) in [7, 11) is 0. The molecule has 0 saturated heterocycles. The predicted octanol–water partition coefficient (Wildman–Crippen LogP) is 2.86. The highest BCUT2D eigenvalue weighted by molar-refractivity contribution is 6.35. The molecule has 1 unspecified atom stereocenters. The van der Waals surface area contributed by atoms with E-state index >= 15 is 0 Å². The van der Waals surface area contributed by atoms with Crippen LogP contribution in [0.2, 0.25) is 10.0 Å². The Kier molecular flexibility index (Phi) is 6.52. The van der Waals surface area contributed by atoms with E-state index in [2.05, 4.69) is 6.58 Å². The van der Waals surface area contributed by atoms with E-state index < -0.39 is 24.5 Å². The number of benzene rings is 1. The highest BCUT2D eigenvalue weighted by Gasteiger charge is 2.23. The third-order valence-electron chi connectivity index (χ3n) is 2.53. The van der Waals surface area contributed by atoms with Crippen molar-refractivity contribution in [2.24, 2.45) is 0 Å². The van der Waals surface area contributed by atoms with Gasteiger partial charge in [0.2, 0.25) is 0 Å². The molecule has 0 radical (unpaired) electrons. The number of carbonyl (C=O) groups excluding carboxylic acids is 1. The zero-order valence-electron chi connectivity index (χ0n) is 11.4. The van der Waals surface area contributed by atoms with Crippen LogP contribution in [0.1, 0.15) is 6.92 Å². The summed E-state index contributed by atoms with van der Waals surface area (Å²) in [6.45, 7) is 4.71. The largest absolute Gasteiger partial charge is 0.480 e. The van der Waals surface area contributed by atoms with Gasteiger partial charge in [-0.2, -0.15) is 0 Å². The molecule has 1 aromatic carbocycles. The molecule has 0 aliphatic carbocycles. The van der Waals surface area contributed by atoms with Gasteiger partial charge in [0.25, 0.3) is 5.91 Å². The topological polar surface area (TPSA) is 66.8 Å². The van der Waals surface area contributed by atoms with Crippen molar-refractivity contribution in [3.8, 4) is 5.75 Å². The molecule has 0 aliphatic rings. The second-order valence-electron chi connectivity index (χ2n) is 4.24. The Balaban J connectivity index is 2.80. The minimum absolute atomic E-state index is 0.118. The summed E-state index contributed by atoms with van der Waals surface area (Å²) in [5.41, 5.74) is 0. The van der Waals surface area contributed by atoms with Crippen LogP contribution in [-0.4, -0.2) is 41.1 Å². The SMILES string of the molecule is C=CCN(CC(=O)O)C(=O)C(C)Oc1ccc(Cl)cc1Cl. The van der Waals surface area contributed by atoms with Gasteiger partial charge in [0, 0.05) is 11.6 Å². The minimum atomic E-state index is -1.11. The molecule has 0 heterocycles. The Morgan fingerprint density at radius 1 is 1.48 bits per heavy atom. The van der Waals surface area contributed by atoms with Gasteiger partial charge in [0.1, 0.15) is 12.3 Å². The molecular formula is C14H15Cl2NO4. The number of carboxylic acid groups (broad SMARTS) is 1. The number of carbonyl (C=O) groups is 2. The van der Waals surface area contributed by atoms with E-state index in [1.807, 2.05) is 0 Å². The van der Waals surface area contributed by atoms with Crippen molar-refractivity contribution in [3.05, 3.63) is 40.9 Å². The van der Waals surface area contributed by atoms with Crippen LogP contribution in [0.4, 0.5) is 0 Å². The molecule has 0 aromatic heterocycles. The minimum Gasteiger partial charge on any atom is -0.480 e. The van der Waals surface area contributed by atoms with Crippen molar-refractivity contribution >= 4 is 35.1 Å². The van der Waals surface area contributed by atoms with Crippen molar-refractivity contribution in [2.75, 3.05) is 13.1 Å². The molecule has 1 rings (SSSR count). The van der Waals surface area contributed by atoms with Crippen LogP contribution < -0.4 is 4.74 Å². The van der Waals surface area contributed by atoms with E-state index in [4.69, 9.17) is 33.0 Å². The first-order valence-electron chi connectivity index (χ1n) is 6.08. The summed E-state index contributed by atoms with van der Waals surface area (Å²) in [5.74, 6) is -1.28. The summed E-state index contributed by atoms with van der Waals surface area (Å²) in [6.07, 6.45) is 0.561. The van der Waals surface area contributed by atoms with E-state index in [1.54, 1.807) is 12.1 Å². The predicted molar refractivity (Wildman–Crippen MR) is 81.0 cm³/mol. The average molecular weight is 332 g/mol. The molecule has 0 saturated carbocycles. The zero-order chi connectivity index (χ0) is 16.0. The quantitative estimate of drug-likeness (QED) is 0.780. The standard InChI is InChI=1S/C14H15Cl2NO4/c1-3-6-17(8-13(18)19)14(20)9(2)21-12-5-4-10(15)7-11(12)16/h3-5,7,9H,1,6,8H2,2H3,(H,18,19). The Hall–Kier alpha value is -1.72. The first-order chi connectivity index (χ1) is 9.85. The van der Waals surface area contributed by atoms with Crippen molar-refractivity contribution in [2.45, 2.75) is 13.0 Å². The highest BCUT2D eigenvalue weighted by atomic mass is 35.5. The van der Waals surface area contributed by atoms with Gasteiger partial charge in [0.15, 0.2) is 6.10 Å². The van der Waals surface area contributed by atoms with Crippen molar-refractivity contribution in [1.82, 2.24) is 4.90 Å². The summed E-state index contributed by atoms with van der Waals surface area (Å²) < 4.78 is 5.46. The molecule has 21 heavy (non-hydrogen) atoms. The number of hydrogen-bond donors (Lipinski definition) is 1. The van der Waals surface area contributed by atoms with Crippen LogP contribution >= 0.6 is 23.2 Å². The number of rotatable bonds is 7. The van der Waals surface area contributed by atoms with Crippen LogP contribution in [0.15, 0.2) is 30.9 Å². The smallest absolute Gasteiger partial charge is 0.323 e. The van der Waals surface area contributed by atoms with Crippen molar-refractivity contribution in [1.29, 1.82) is 0 Å². The van der Waals surface area contributed by atoms with Gasteiger partial charge in [-0.15, -0.1) is 6.58 Å². The summed E-state index contributed by atoms with van der Waals surface area (Å²) in [6, 6.07) is 4.62. The number of nitrogens with zero attached hydrogens (tertiary/aromatic N) is 1. The van der Waals surface area contributed by atoms with E-state index in [-0.39, 0.29) is 11.6 Å².